The summed E-state index contributed by atoms with van der Waals surface area (Å²) in [7, 11) is 0. The standard InChI is InChI=1S/C14H11F2N3/c1-8-6-10(15)13(11(16)7-8)19-12-3-5-18-14-9(12)2-4-17-14/h2-7H,1H3,(H2,17,18,19). The number of hydrogen-bond donors (Lipinski definition) is 2. The first kappa shape index (κ1) is 11.6. The van der Waals surface area contributed by atoms with Crippen molar-refractivity contribution in [2.75, 3.05) is 5.32 Å². The fourth-order valence-electron chi connectivity index (χ4n) is 2.02. The van der Waals surface area contributed by atoms with Crippen LogP contribution in [0.1, 0.15) is 5.56 Å². The topological polar surface area (TPSA) is 40.7 Å². The lowest BCUT2D eigenvalue weighted by Crippen LogP contribution is -1.99. The summed E-state index contributed by atoms with van der Waals surface area (Å²) in [6, 6.07) is 6.06. The van der Waals surface area contributed by atoms with E-state index in [-0.39, 0.29) is 5.69 Å². The van der Waals surface area contributed by atoms with Gasteiger partial charge in [0.1, 0.15) is 23.0 Å². The Hall–Kier alpha value is -2.43. The summed E-state index contributed by atoms with van der Waals surface area (Å²) in [6.07, 6.45) is 3.30. The molecule has 19 heavy (non-hydrogen) atoms. The van der Waals surface area contributed by atoms with Crippen LogP contribution in [0.25, 0.3) is 11.0 Å². The molecule has 0 atom stereocenters. The largest absolute Gasteiger partial charge is 0.350 e. The van der Waals surface area contributed by atoms with Gasteiger partial charge in [0.2, 0.25) is 0 Å². The number of pyridine rings is 1. The summed E-state index contributed by atoms with van der Waals surface area (Å²) in [5.74, 6) is -1.23. The van der Waals surface area contributed by atoms with Crippen LogP contribution in [-0.4, -0.2) is 9.97 Å². The van der Waals surface area contributed by atoms with Crippen LogP contribution >= 0.6 is 0 Å². The zero-order chi connectivity index (χ0) is 13.4. The molecule has 3 aromatic rings. The maximum Gasteiger partial charge on any atom is 0.149 e. The van der Waals surface area contributed by atoms with Gasteiger partial charge in [0.25, 0.3) is 0 Å². The first-order valence-corrected chi connectivity index (χ1v) is 5.80. The molecule has 96 valence electrons. The van der Waals surface area contributed by atoms with Crippen molar-refractivity contribution >= 4 is 22.4 Å². The van der Waals surface area contributed by atoms with Gasteiger partial charge in [-0.2, -0.15) is 0 Å². The minimum Gasteiger partial charge on any atom is -0.350 e. The number of nitrogens with one attached hydrogen (secondary N) is 2. The van der Waals surface area contributed by atoms with E-state index < -0.39 is 11.6 Å². The average Bonchev–Trinajstić information content (AvgIpc) is 2.82. The van der Waals surface area contributed by atoms with Crippen LogP contribution in [0.2, 0.25) is 0 Å². The number of benzene rings is 1. The summed E-state index contributed by atoms with van der Waals surface area (Å²) >= 11 is 0. The minimum atomic E-state index is -0.613. The molecule has 0 fully saturated rings. The predicted octanol–water partition coefficient (Wildman–Crippen LogP) is 3.89. The number of H-pyrrole nitrogens is 1. The van der Waals surface area contributed by atoms with Gasteiger partial charge in [0.05, 0.1) is 5.69 Å². The number of fused-ring (bicyclic) bond motifs is 1. The maximum absolute atomic E-state index is 13.8. The number of aryl methyl sites for hydroxylation is 1. The molecule has 2 heterocycles. The lowest BCUT2D eigenvalue weighted by atomic mass is 10.2. The van der Waals surface area contributed by atoms with E-state index in [1.165, 1.54) is 12.1 Å². The van der Waals surface area contributed by atoms with Gasteiger partial charge < -0.3 is 10.3 Å². The van der Waals surface area contributed by atoms with Gasteiger partial charge in [0.15, 0.2) is 0 Å². The number of anilines is 2. The molecule has 0 bridgehead atoms. The van der Waals surface area contributed by atoms with E-state index in [9.17, 15) is 8.78 Å². The molecule has 0 unspecified atom stereocenters. The molecule has 2 N–H and O–H groups in total. The molecule has 0 radical (unpaired) electrons. The minimum absolute atomic E-state index is 0.153. The van der Waals surface area contributed by atoms with Crippen molar-refractivity contribution in [1.82, 2.24) is 9.97 Å². The summed E-state index contributed by atoms with van der Waals surface area (Å²) < 4.78 is 27.6. The molecule has 3 rings (SSSR count). The molecule has 0 aliphatic carbocycles. The second-order valence-corrected chi connectivity index (χ2v) is 4.33. The lowest BCUT2D eigenvalue weighted by Gasteiger charge is -2.10. The van der Waals surface area contributed by atoms with Crippen molar-refractivity contribution in [3.05, 3.63) is 53.9 Å². The van der Waals surface area contributed by atoms with E-state index in [2.05, 4.69) is 15.3 Å². The van der Waals surface area contributed by atoms with Crippen LogP contribution in [0.4, 0.5) is 20.2 Å². The van der Waals surface area contributed by atoms with E-state index in [1.54, 1.807) is 31.5 Å². The highest BCUT2D eigenvalue weighted by atomic mass is 19.1. The highest BCUT2D eigenvalue weighted by Crippen LogP contribution is 2.28. The summed E-state index contributed by atoms with van der Waals surface area (Å²) in [5.41, 5.74) is 1.66. The van der Waals surface area contributed by atoms with E-state index >= 15 is 0 Å². The van der Waals surface area contributed by atoms with Crippen LogP contribution in [0.5, 0.6) is 0 Å². The first-order valence-electron chi connectivity index (χ1n) is 5.80. The van der Waals surface area contributed by atoms with Gasteiger partial charge in [-0.1, -0.05) is 0 Å². The van der Waals surface area contributed by atoms with Crippen molar-refractivity contribution < 1.29 is 8.78 Å². The number of hydrogen-bond acceptors (Lipinski definition) is 2. The third-order valence-electron chi connectivity index (χ3n) is 2.91. The van der Waals surface area contributed by atoms with E-state index in [0.29, 0.717) is 16.9 Å². The summed E-state index contributed by atoms with van der Waals surface area (Å²) in [5, 5.41) is 3.57. The molecule has 0 spiro atoms. The van der Waals surface area contributed by atoms with E-state index in [4.69, 9.17) is 0 Å². The molecular formula is C14H11F2N3. The van der Waals surface area contributed by atoms with Crippen LogP contribution < -0.4 is 5.32 Å². The summed E-state index contributed by atoms with van der Waals surface area (Å²) in [6.45, 7) is 1.65. The monoisotopic (exact) mass is 259 g/mol. The van der Waals surface area contributed by atoms with Gasteiger partial charge in [0, 0.05) is 17.8 Å². The van der Waals surface area contributed by atoms with Crippen LogP contribution in [0.3, 0.4) is 0 Å². The van der Waals surface area contributed by atoms with Gasteiger partial charge >= 0.3 is 0 Å². The van der Waals surface area contributed by atoms with Gasteiger partial charge in [-0.05, 0) is 36.8 Å². The Kier molecular flexibility index (Phi) is 2.67. The van der Waals surface area contributed by atoms with Crippen LogP contribution in [0.15, 0.2) is 36.7 Å². The average molecular weight is 259 g/mol. The predicted molar refractivity (Wildman–Crippen MR) is 70.5 cm³/mol. The Morgan fingerprint density at radius 3 is 2.63 bits per heavy atom. The normalized spacial score (nSPS) is 10.9. The number of aromatic nitrogens is 2. The second-order valence-electron chi connectivity index (χ2n) is 4.33. The highest BCUT2D eigenvalue weighted by molar-refractivity contribution is 5.91. The number of halogens is 2. The molecule has 2 aromatic heterocycles. The smallest absolute Gasteiger partial charge is 0.149 e. The lowest BCUT2D eigenvalue weighted by molar-refractivity contribution is 0.589. The highest BCUT2D eigenvalue weighted by Gasteiger charge is 2.12. The SMILES string of the molecule is Cc1cc(F)c(Nc2ccnc3[nH]ccc23)c(F)c1. The molecule has 0 aliphatic heterocycles. The van der Waals surface area contributed by atoms with Crippen molar-refractivity contribution in [3.8, 4) is 0 Å². The molecule has 0 saturated heterocycles. The Morgan fingerprint density at radius 1 is 1.16 bits per heavy atom. The number of aromatic amines is 1. The van der Waals surface area contributed by atoms with Crippen LogP contribution in [-0.2, 0) is 0 Å². The van der Waals surface area contributed by atoms with Crippen LogP contribution in [0, 0.1) is 18.6 Å². The first-order chi connectivity index (χ1) is 9.15. The summed E-state index contributed by atoms with van der Waals surface area (Å²) in [4.78, 5) is 7.06. The number of rotatable bonds is 2. The Balaban J connectivity index is 2.09. The molecule has 0 aliphatic rings. The van der Waals surface area contributed by atoms with E-state index in [1.807, 2.05) is 0 Å². The van der Waals surface area contributed by atoms with Crippen molar-refractivity contribution in [2.24, 2.45) is 0 Å². The quantitative estimate of drug-likeness (QED) is 0.733. The maximum atomic E-state index is 13.8. The molecule has 0 amide bonds. The van der Waals surface area contributed by atoms with Gasteiger partial charge in [-0.25, -0.2) is 13.8 Å². The third kappa shape index (κ3) is 2.03. The Labute approximate surface area is 108 Å². The van der Waals surface area contributed by atoms with E-state index in [0.717, 1.165) is 5.39 Å². The fourth-order valence-corrected chi connectivity index (χ4v) is 2.02. The Morgan fingerprint density at radius 2 is 1.89 bits per heavy atom. The second kappa shape index (κ2) is 4.35. The van der Waals surface area contributed by atoms with Crippen molar-refractivity contribution in [3.63, 3.8) is 0 Å². The van der Waals surface area contributed by atoms with Crippen molar-refractivity contribution in [1.29, 1.82) is 0 Å². The zero-order valence-electron chi connectivity index (χ0n) is 10.2. The fraction of sp³-hybridized carbons (Fsp3) is 0.0714. The zero-order valence-corrected chi connectivity index (χ0v) is 10.2. The van der Waals surface area contributed by atoms with Gasteiger partial charge in [-0.15, -0.1) is 0 Å². The molecule has 3 nitrogen and oxygen atoms in total. The molecule has 5 heteroatoms. The molecule has 1 aromatic carbocycles. The third-order valence-corrected chi connectivity index (χ3v) is 2.91. The van der Waals surface area contributed by atoms with Crippen molar-refractivity contribution in [2.45, 2.75) is 6.92 Å². The molecular weight excluding hydrogens is 248 g/mol. The molecule has 0 saturated carbocycles. The van der Waals surface area contributed by atoms with Gasteiger partial charge in [-0.3, -0.25) is 0 Å². The number of nitrogens with zero attached hydrogens (tertiary/aromatic N) is 1. The Bertz CT molecular complexity index is 726.